The first-order valence-electron chi connectivity index (χ1n) is 6.92. The minimum absolute atomic E-state index is 0.489. The van der Waals surface area contributed by atoms with Gasteiger partial charge in [0.1, 0.15) is 12.7 Å². The highest BCUT2D eigenvalue weighted by molar-refractivity contribution is 4.88. The van der Waals surface area contributed by atoms with Crippen molar-refractivity contribution in [3.05, 3.63) is 12.7 Å². The van der Waals surface area contributed by atoms with Crippen molar-refractivity contribution in [2.75, 3.05) is 6.54 Å². The second-order valence-electron chi connectivity index (χ2n) is 5.09. The topological polar surface area (TPSA) is 42.7 Å². The Kier molecular flexibility index (Phi) is 4.54. The molecular weight excluding hydrogens is 212 g/mol. The molecule has 4 heteroatoms. The Morgan fingerprint density at radius 3 is 2.88 bits per heavy atom. The summed E-state index contributed by atoms with van der Waals surface area (Å²) < 4.78 is 2.05. The van der Waals surface area contributed by atoms with Crippen molar-refractivity contribution in [2.45, 2.75) is 58.0 Å². The first-order chi connectivity index (χ1) is 8.35. The molecule has 17 heavy (non-hydrogen) atoms. The van der Waals surface area contributed by atoms with Gasteiger partial charge in [-0.25, -0.2) is 9.67 Å². The van der Waals surface area contributed by atoms with Crippen LogP contribution in [0.4, 0.5) is 0 Å². The number of hydrogen-bond acceptors (Lipinski definition) is 3. The van der Waals surface area contributed by atoms with Gasteiger partial charge < -0.3 is 5.32 Å². The third kappa shape index (κ3) is 3.06. The molecule has 1 aliphatic rings. The van der Waals surface area contributed by atoms with Crippen molar-refractivity contribution in [1.82, 2.24) is 20.1 Å². The van der Waals surface area contributed by atoms with E-state index < -0.39 is 0 Å². The Morgan fingerprint density at radius 2 is 2.24 bits per heavy atom. The first kappa shape index (κ1) is 12.6. The highest BCUT2D eigenvalue weighted by Gasteiger charge is 2.30. The first-order valence-corrected chi connectivity index (χ1v) is 6.92. The fourth-order valence-electron chi connectivity index (χ4n) is 2.85. The zero-order chi connectivity index (χ0) is 12.1. The Hall–Kier alpha value is -0.900. The van der Waals surface area contributed by atoms with Crippen molar-refractivity contribution in [2.24, 2.45) is 5.92 Å². The number of hydrogen-bond donors (Lipinski definition) is 1. The maximum atomic E-state index is 4.33. The summed E-state index contributed by atoms with van der Waals surface area (Å²) in [5.41, 5.74) is 0. The van der Waals surface area contributed by atoms with Gasteiger partial charge in [0.15, 0.2) is 0 Å². The molecule has 0 radical (unpaired) electrons. The van der Waals surface area contributed by atoms with Gasteiger partial charge in [-0.3, -0.25) is 0 Å². The van der Waals surface area contributed by atoms with Crippen molar-refractivity contribution in [1.29, 1.82) is 0 Å². The van der Waals surface area contributed by atoms with Gasteiger partial charge in [-0.15, -0.1) is 0 Å². The number of rotatable bonds is 5. The molecule has 96 valence electrons. The summed E-state index contributed by atoms with van der Waals surface area (Å²) in [5.74, 6) is 0.851. The van der Waals surface area contributed by atoms with Gasteiger partial charge in [-0.05, 0) is 38.1 Å². The van der Waals surface area contributed by atoms with Crippen molar-refractivity contribution >= 4 is 0 Å². The minimum atomic E-state index is 0.489. The van der Waals surface area contributed by atoms with E-state index in [1.54, 1.807) is 6.33 Å². The standard InChI is InChI=1S/C13H24N4/c1-3-7-15-12-6-5-11(4-2)8-13(12)17-10-14-9-16-17/h9-13,15H,3-8H2,1-2H3. The molecule has 4 nitrogen and oxygen atoms in total. The van der Waals surface area contributed by atoms with E-state index in [2.05, 4.69) is 33.9 Å². The molecule has 2 rings (SSSR count). The number of nitrogens with zero attached hydrogens (tertiary/aromatic N) is 3. The lowest BCUT2D eigenvalue weighted by atomic mass is 9.81. The molecule has 1 N–H and O–H groups in total. The van der Waals surface area contributed by atoms with Crippen LogP contribution in [0.25, 0.3) is 0 Å². The third-order valence-electron chi connectivity index (χ3n) is 3.94. The number of aromatic nitrogens is 3. The molecule has 1 heterocycles. The Morgan fingerprint density at radius 1 is 1.35 bits per heavy atom. The van der Waals surface area contributed by atoms with Gasteiger partial charge in [-0.1, -0.05) is 20.3 Å². The quantitative estimate of drug-likeness (QED) is 0.853. The molecule has 0 amide bonds. The van der Waals surface area contributed by atoms with E-state index in [-0.39, 0.29) is 0 Å². The molecule has 3 atom stereocenters. The molecule has 1 aliphatic carbocycles. The van der Waals surface area contributed by atoms with Crippen LogP contribution in [0.15, 0.2) is 12.7 Å². The van der Waals surface area contributed by atoms with E-state index in [0.29, 0.717) is 12.1 Å². The van der Waals surface area contributed by atoms with E-state index >= 15 is 0 Å². The smallest absolute Gasteiger partial charge is 0.137 e. The van der Waals surface area contributed by atoms with Crippen LogP contribution in [0.3, 0.4) is 0 Å². The molecule has 1 aromatic heterocycles. The summed E-state index contributed by atoms with van der Waals surface area (Å²) >= 11 is 0. The van der Waals surface area contributed by atoms with E-state index in [0.717, 1.165) is 12.5 Å². The van der Waals surface area contributed by atoms with Crippen LogP contribution >= 0.6 is 0 Å². The summed E-state index contributed by atoms with van der Waals surface area (Å²) in [4.78, 5) is 4.09. The van der Waals surface area contributed by atoms with Crippen LogP contribution in [-0.2, 0) is 0 Å². The monoisotopic (exact) mass is 236 g/mol. The number of nitrogens with one attached hydrogen (secondary N) is 1. The highest BCUT2D eigenvalue weighted by atomic mass is 15.3. The lowest BCUT2D eigenvalue weighted by Gasteiger charge is -2.36. The van der Waals surface area contributed by atoms with E-state index in [1.807, 2.05) is 6.33 Å². The van der Waals surface area contributed by atoms with Crippen LogP contribution in [-0.4, -0.2) is 27.4 Å². The van der Waals surface area contributed by atoms with Crippen molar-refractivity contribution in [3.63, 3.8) is 0 Å². The van der Waals surface area contributed by atoms with Gasteiger partial charge in [-0.2, -0.15) is 5.10 Å². The van der Waals surface area contributed by atoms with Gasteiger partial charge >= 0.3 is 0 Å². The maximum Gasteiger partial charge on any atom is 0.137 e. The summed E-state index contributed by atoms with van der Waals surface area (Å²) in [6.45, 7) is 5.62. The van der Waals surface area contributed by atoms with E-state index in [1.165, 1.54) is 32.1 Å². The third-order valence-corrected chi connectivity index (χ3v) is 3.94. The molecule has 1 fully saturated rings. The lowest BCUT2D eigenvalue weighted by molar-refractivity contribution is 0.190. The van der Waals surface area contributed by atoms with Crippen LogP contribution in [0.5, 0.6) is 0 Å². The molecule has 0 bridgehead atoms. The van der Waals surface area contributed by atoms with Gasteiger partial charge in [0.2, 0.25) is 0 Å². The molecular formula is C13H24N4. The van der Waals surface area contributed by atoms with E-state index in [9.17, 15) is 0 Å². The molecule has 0 spiro atoms. The highest BCUT2D eigenvalue weighted by Crippen LogP contribution is 2.33. The van der Waals surface area contributed by atoms with Crippen LogP contribution in [0.1, 0.15) is 52.0 Å². The average Bonchev–Trinajstić information content (AvgIpc) is 2.90. The summed E-state index contributed by atoms with van der Waals surface area (Å²) in [6, 6.07) is 1.06. The van der Waals surface area contributed by atoms with Crippen LogP contribution in [0.2, 0.25) is 0 Å². The predicted molar refractivity (Wildman–Crippen MR) is 68.8 cm³/mol. The average molecular weight is 236 g/mol. The summed E-state index contributed by atoms with van der Waals surface area (Å²) in [5, 5.41) is 8.00. The molecule has 0 aliphatic heterocycles. The fourth-order valence-corrected chi connectivity index (χ4v) is 2.85. The second-order valence-corrected chi connectivity index (χ2v) is 5.09. The maximum absolute atomic E-state index is 4.33. The SMILES string of the molecule is CCCNC1CCC(CC)CC1n1cncn1. The molecule has 0 aromatic carbocycles. The Bertz CT molecular complexity index is 309. The van der Waals surface area contributed by atoms with Gasteiger partial charge in [0.25, 0.3) is 0 Å². The Balaban J connectivity index is 2.04. The second kappa shape index (κ2) is 6.15. The van der Waals surface area contributed by atoms with Crippen LogP contribution < -0.4 is 5.32 Å². The predicted octanol–water partition coefficient (Wildman–Crippen LogP) is 2.40. The normalized spacial score (nSPS) is 29.4. The molecule has 3 unspecified atom stereocenters. The van der Waals surface area contributed by atoms with E-state index in [4.69, 9.17) is 0 Å². The summed E-state index contributed by atoms with van der Waals surface area (Å²) in [6.07, 6.45) is 9.84. The zero-order valence-electron chi connectivity index (χ0n) is 11.0. The van der Waals surface area contributed by atoms with Crippen molar-refractivity contribution < 1.29 is 0 Å². The largest absolute Gasteiger partial charge is 0.312 e. The Labute approximate surface area is 104 Å². The zero-order valence-corrected chi connectivity index (χ0v) is 11.0. The van der Waals surface area contributed by atoms with Crippen LogP contribution in [0, 0.1) is 5.92 Å². The summed E-state index contributed by atoms with van der Waals surface area (Å²) in [7, 11) is 0. The van der Waals surface area contributed by atoms with Gasteiger partial charge in [0, 0.05) is 6.04 Å². The molecule has 0 saturated heterocycles. The van der Waals surface area contributed by atoms with Gasteiger partial charge in [0.05, 0.1) is 6.04 Å². The minimum Gasteiger partial charge on any atom is -0.312 e. The lowest BCUT2D eigenvalue weighted by Crippen LogP contribution is -2.42. The molecule has 1 aromatic rings. The fraction of sp³-hybridized carbons (Fsp3) is 0.846. The van der Waals surface area contributed by atoms with Crippen molar-refractivity contribution in [3.8, 4) is 0 Å². The molecule has 1 saturated carbocycles.